The molecule has 1 fully saturated rings. The first-order valence-electron chi connectivity index (χ1n) is 6.47. The van der Waals surface area contributed by atoms with Gasteiger partial charge in [-0.25, -0.2) is 8.78 Å². The van der Waals surface area contributed by atoms with Crippen molar-refractivity contribution in [3.63, 3.8) is 0 Å². The molecule has 0 bridgehead atoms. The number of rotatable bonds is 3. The molecule has 1 unspecified atom stereocenters. The van der Waals surface area contributed by atoms with Crippen molar-refractivity contribution in [2.45, 2.75) is 18.9 Å². The zero-order valence-corrected chi connectivity index (χ0v) is 10.9. The molecule has 1 atom stereocenters. The molecule has 0 saturated carbocycles. The quantitative estimate of drug-likeness (QED) is 0.697. The number of nitro groups is 1. The van der Waals surface area contributed by atoms with Gasteiger partial charge in [0, 0.05) is 12.1 Å². The van der Waals surface area contributed by atoms with Crippen LogP contribution in [0.3, 0.4) is 0 Å². The summed E-state index contributed by atoms with van der Waals surface area (Å²) in [7, 11) is 0. The van der Waals surface area contributed by atoms with Gasteiger partial charge in [0.25, 0.3) is 0 Å². The van der Waals surface area contributed by atoms with Crippen molar-refractivity contribution in [3.05, 3.63) is 51.6 Å². The highest BCUT2D eigenvalue weighted by Crippen LogP contribution is 2.37. The number of benzene rings is 1. The number of aromatic nitrogens is 2. The molecule has 1 aromatic heterocycles. The normalized spacial score (nSPS) is 18.2. The Hall–Kier alpha value is -2.51. The molecule has 21 heavy (non-hydrogen) atoms. The van der Waals surface area contributed by atoms with Crippen LogP contribution in [-0.2, 0) is 0 Å². The van der Waals surface area contributed by atoms with Crippen LogP contribution < -0.4 is 4.90 Å². The lowest BCUT2D eigenvalue weighted by Crippen LogP contribution is -2.23. The number of aromatic amines is 1. The van der Waals surface area contributed by atoms with E-state index in [4.69, 9.17) is 0 Å². The topological polar surface area (TPSA) is 75.1 Å². The zero-order valence-electron chi connectivity index (χ0n) is 10.9. The summed E-state index contributed by atoms with van der Waals surface area (Å²) in [4.78, 5) is 11.9. The van der Waals surface area contributed by atoms with Gasteiger partial charge in [-0.1, -0.05) is 5.10 Å². The minimum Gasteiger partial charge on any atom is -0.358 e. The fourth-order valence-corrected chi connectivity index (χ4v) is 2.68. The van der Waals surface area contributed by atoms with Gasteiger partial charge in [0.2, 0.25) is 0 Å². The molecule has 0 spiro atoms. The van der Waals surface area contributed by atoms with Gasteiger partial charge in [-0.05, 0) is 36.0 Å². The lowest BCUT2D eigenvalue weighted by atomic mass is 10.0. The summed E-state index contributed by atoms with van der Waals surface area (Å²) in [5.74, 6) is -0.854. The molecule has 0 aliphatic carbocycles. The Kier molecular flexibility index (Phi) is 3.28. The predicted octanol–water partition coefficient (Wildman–Crippen LogP) is 2.94. The van der Waals surface area contributed by atoms with Gasteiger partial charge < -0.3 is 15.0 Å². The summed E-state index contributed by atoms with van der Waals surface area (Å²) in [5.41, 5.74) is 0.248. The SMILES string of the molecule is O=[N+]([O-])c1cc(N2CCCC2c2cc(F)ccc2F)n[nH]1. The molecule has 0 amide bonds. The fourth-order valence-electron chi connectivity index (χ4n) is 2.68. The monoisotopic (exact) mass is 294 g/mol. The van der Waals surface area contributed by atoms with Crippen molar-refractivity contribution in [2.75, 3.05) is 11.4 Å². The maximum Gasteiger partial charge on any atom is 0.344 e. The number of anilines is 1. The molecular formula is C13H12F2N4O2. The van der Waals surface area contributed by atoms with Crippen LogP contribution in [0.1, 0.15) is 24.4 Å². The van der Waals surface area contributed by atoms with E-state index in [9.17, 15) is 18.9 Å². The van der Waals surface area contributed by atoms with Crippen LogP contribution >= 0.6 is 0 Å². The molecule has 2 heterocycles. The number of H-pyrrole nitrogens is 1. The molecule has 110 valence electrons. The lowest BCUT2D eigenvalue weighted by Gasteiger charge is -2.24. The number of hydrogen-bond acceptors (Lipinski definition) is 4. The summed E-state index contributed by atoms with van der Waals surface area (Å²) in [5, 5.41) is 16.9. The molecule has 8 heteroatoms. The molecule has 1 N–H and O–H groups in total. The van der Waals surface area contributed by atoms with E-state index < -0.39 is 16.6 Å². The summed E-state index contributed by atoms with van der Waals surface area (Å²) in [6.07, 6.45) is 1.42. The summed E-state index contributed by atoms with van der Waals surface area (Å²) in [6.45, 7) is 0.586. The van der Waals surface area contributed by atoms with Crippen LogP contribution in [0.2, 0.25) is 0 Å². The highest BCUT2D eigenvalue weighted by molar-refractivity contribution is 5.48. The Labute approximate surface area is 118 Å². The van der Waals surface area contributed by atoms with Gasteiger partial charge in [-0.15, -0.1) is 5.10 Å². The van der Waals surface area contributed by atoms with Gasteiger partial charge in [-0.3, -0.25) is 0 Å². The van der Waals surface area contributed by atoms with E-state index in [-0.39, 0.29) is 17.4 Å². The van der Waals surface area contributed by atoms with Crippen molar-refractivity contribution in [1.29, 1.82) is 0 Å². The standard InChI is InChI=1S/C13H12F2N4O2/c14-8-3-4-10(15)9(6-8)11-2-1-5-18(11)12-7-13(17-16-12)19(20)21/h3-4,6-7,11H,1-2,5H2,(H,16,17). The van der Waals surface area contributed by atoms with E-state index in [1.165, 1.54) is 12.1 Å². The van der Waals surface area contributed by atoms with E-state index >= 15 is 0 Å². The Morgan fingerprint density at radius 1 is 1.38 bits per heavy atom. The number of halogens is 2. The molecule has 6 nitrogen and oxygen atoms in total. The van der Waals surface area contributed by atoms with Crippen LogP contribution in [0.4, 0.5) is 20.4 Å². The average molecular weight is 294 g/mol. The molecule has 1 aliphatic heterocycles. The Bertz CT molecular complexity index is 689. The fraction of sp³-hybridized carbons (Fsp3) is 0.308. The zero-order chi connectivity index (χ0) is 15.0. The van der Waals surface area contributed by atoms with Crippen molar-refractivity contribution in [2.24, 2.45) is 0 Å². The molecule has 1 aliphatic rings. The second-order valence-electron chi connectivity index (χ2n) is 4.89. The van der Waals surface area contributed by atoms with Crippen LogP contribution in [-0.4, -0.2) is 21.7 Å². The number of nitrogens with zero attached hydrogens (tertiary/aromatic N) is 3. The molecule has 3 rings (SSSR count). The van der Waals surface area contributed by atoms with Crippen molar-refractivity contribution >= 4 is 11.6 Å². The molecular weight excluding hydrogens is 282 g/mol. The van der Waals surface area contributed by atoms with Crippen LogP contribution in [0.25, 0.3) is 0 Å². The Balaban J connectivity index is 1.94. The van der Waals surface area contributed by atoms with Crippen LogP contribution in [0, 0.1) is 21.7 Å². The van der Waals surface area contributed by atoms with Gasteiger partial charge in [0.05, 0.1) is 12.1 Å². The Morgan fingerprint density at radius 2 is 2.19 bits per heavy atom. The number of hydrogen-bond donors (Lipinski definition) is 1. The first-order chi connectivity index (χ1) is 10.1. The first-order valence-corrected chi connectivity index (χ1v) is 6.47. The van der Waals surface area contributed by atoms with E-state index in [0.717, 1.165) is 18.6 Å². The van der Waals surface area contributed by atoms with Crippen molar-refractivity contribution < 1.29 is 13.7 Å². The maximum absolute atomic E-state index is 13.9. The van der Waals surface area contributed by atoms with Crippen molar-refractivity contribution in [1.82, 2.24) is 10.2 Å². The second-order valence-corrected chi connectivity index (χ2v) is 4.89. The highest BCUT2D eigenvalue weighted by Gasteiger charge is 2.31. The van der Waals surface area contributed by atoms with Gasteiger partial charge in [-0.2, -0.15) is 0 Å². The largest absolute Gasteiger partial charge is 0.358 e. The van der Waals surface area contributed by atoms with Crippen LogP contribution in [0.5, 0.6) is 0 Å². The smallest absolute Gasteiger partial charge is 0.344 e. The molecule has 2 aromatic rings. The van der Waals surface area contributed by atoms with Gasteiger partial charge in [0.15, 0.2) is 5.82 Å². The molecule has 1 aromatic carbocycles. The second kappa shape index (κ2) is 5.12. The predicted molar refractivity (Wildman–Crippen MR) is 70.9 cm³/mol. The third kappa shape index (κ3) is 2.44. The highest BCUT2D eigenvalue weighted by atomic mass is 19.1. The van der Waals surface area contributed by atoms with Gasteiger partial charge in [0.1, 0.15) is 11.6 Å². The van der Waals surface area contributed by atoms with E-state index in [2.05, 4.69) is 10.2 Å². The van der Waals surface area contributed by atoms with E-state index in [1.807, 2.05) is 0 Å². The number of nitrogens with one attached hydrogen (secondary N) is 1. The van der Waals surface area contributed by atoms with Gasteiger partial charge >= 0.3 is 5.82 Å². The van der Waals surface area contributed by atoms with Crippen LogP contribution in [0.15, 0.2) is 24.3 Å². The van der Waals surface area contributed by atoms with E-state index in [1.54, 1.807) is 4.90 Å². The Morgan fingerprint density at radius 3 is 2.90 bits per heavy atom. The first kappa shape index (κ1) is 13.5. The summed E-state index contributed by atoms with van der Waals surface area (Å²) in [6, 6.07) is 4.25. The molecule has 1 saturated heterocycles. The minimum absolute atomic E-state index is 0.227. The maximum atomic E-state index is 13.9. The van der Waals surface area contributed by atoms with E-state index in [0.29, 0.717) is 18.8 Å². The van der Waals surface area contributed by atoms with Crippen molar-refractivity contribution in [3.8, 4) is 0 Å². The third-order valence-electron chi connectivity index (χ3n) is 3.61. The third-order valence-corrected chi connectivity index (χ3v) is 3.61. The minimum atomic E-state index is -0.579. The average Bonchev–Trinajstić information content (AvgIpc) is 3.08. The summed E-state index contributed by atoms with van der Waals surface area (Å²) >= 11 is 0. The lowest BCUT2D eigenvalue weighted by molar-refractivity contribution is -0.389. The molecule has 0 radical (unpaired) electrons. The summed E-state index contributed by atoms with van der Waals surface area (Å²) < 4.78 is 27.3.